The van der Waals surface area contributed by atoms with Gasteiger partial charge in [-0.05, 0) is 67.4 Å². The number of carbonyl (C=O) groups excluding carboxylic acids is 1. The van der Waals surface area contributed by atoms with E-state index in [0.29, 0.717) is 16.1 Å². The van der Waals surface area contributed by atoms with Crippen LogP contribution in [0.2, 0.25) is 5.02 Å². The Labute approximate surface area is 184 Å². The van der Waals surface area contributed by atoms with Gasteiger partial charge in [-0.1, -0.05) is 31.5 Å². The number of halogens is 1. The van der Waals surface area contributed by atoms with Crippen molar-refractivity contribution < 1.29 is 4.79 Å². The van der Waals surface area contributed by atoms with Gasteiger partial charge in [-0.25, -0.2) is 0 Å². The lowest BCUT2D eigenvalue weighted by atomic mass is 10.1. The van der Waals surface area contributed by atoms with Gasteiger partial charge < -0.3 is 4.57 Å². The number of amides is 1. The lowest BCUT2D eigenvalue weighted by Gasteiger charge is -2.20. The van der Waals surface area contributed by atoms with E-state index in [2.05, 4.69) is 28.5 Å². The minimum absolute atomic E-state index is 0.0591. The lowest BCUT2D eigenvalue weighted by Crippen LogP contribution is -2.35. The van der Waals surface area contributed by atoms with E-state index in [9.17, 15) is 4.79 Å². The van der Waals surface area contributed by atoms with Crippen LogP contribution in [-0.2, 0) is 4.79 Å². The fraction of sp³-hybridized carbons (Fsp3) is 0.273. The molecule has 4 rings (SSSR count). The van der Waals surface area contributed by atoms with Crippen molar-refractivity contribution in [2.75, 3.05) is 0 Å². The summed E-state index contributed by atoms with van der Waals surface area (Å²) in [6, 6.07) is 9.62. The van der Waals surface area contributed by atoms with E-state index >= 15 is 0 Å². The highest BCUT2D eigenvalue weighted by atomic mass is 35.5. The first-order chi connectivity index (χ1) is 14.2. The van der Waals surface area contributed by atoms with E-state index in [1.807, 2.05) is 44.2 Å². The van der Waals surface area contributed by atoms with Gasteiger partial charge in [0.25, 0.3) is 5.91 Å². The predicted molar refractivity (Wildman–Crippen MR) is 125 cm³/mol. The summed E-state index contributed by atoms with van der Waals surface area (Å²) in [5, 5.41) is 16.5. The van der Waals surface area contributed by atoms with Gasteiger partial charge in [-0.15, -0.1) is 0 Å². The van der Waals surface area contributed by atoms with Crippen molar-refractivity contribution in [3.05, 3.63) is 57.9 Å². The number of benzene rings is 1. The van der Waals surface area contributed by atoms with E-state index in [0.717, 1.165) is 34.1 Å². The molecule has 0 saturated heterocycles. The van der Waals surface area contributed by atoms with Crippen molar-refractivity contribution in [2.24, 2.45) is 16.0 Å². The Hall–Kier alpha value is -2.64. The molecular weight excluding hydrogens is 418 g/mol. The molecule has 30 heavy (non-hydrogen) atoms. The van der Waals surface area contributed by atoms with Gasteiger partial charge in [-0.3, -0.25) is 10.2 Å². The first-order valence-corrected chi connectivity index (χ1v) is 10.9. The number of hydrogen-bond acceptors (Lipinski definition) is 4. The number of nitrogens with zero attached hydrogens (tertiary/aromatic N) is 4. The molecule has 2 aliphatic rings. The Morgan fingerprint density at radius 2 is 2.03 bits per heavy atom. The minimum Gasteiger partial charge on any atom is -0.318 e. The van der Waals surface area contributed by atoms with E-state index in [1.54, 1.807) is 6.08 Å². The fourth-order valence-electron chi connectivity index (χ4n) is 3.57. The number of amidine groups is 2. The van der Waals surface area contributed by atoms with Crippen molar-refractivity contribution in [1.29, 1.82) is 5.41 Å². The molecule has 1 aromatic carbocycles. The average Bonchev–Trinajstić information content (AvgIpc) is 3.18. The standard InChI is InChI=1S/C22H22ClN5OS/c1-12(2)8-19-26-28-20(24)18(21(29)25-22(28)30-19)10-15-9-13(3)27(14(15)4)17-7-5-6-16(23)11-17/h5-7,9-12,24H,8H2,1-4H3/b18-10+,24-20?. The molecule has 3 heterocycles. The van der Waals surface area contributed by atoms with Gasteiger partial charge in [0.2, 0.25) is 5.17 Å². The number of aryl methyl sites for hydroxylation is 1. The molecule has 6 nitrogen and oxygen atoms in total. The molecule has 2 aliphatic heterocycles. The van der Waals surface area contributed by atoms with Gasteiger partial charge in [0.05, 0.1) is 5.57 Å². The Kier molecular flexibility index (Phi) is 5.42. The highest BCUT2D eigenvalue weighted by molar-refractivity contribution is 8.26. The molecule has 0 saturated carbocycles. The average molecular weight is 440 g/mol. The Bertz CT molecular complexity index is 1160. The van der Waals surface area contributed by atoms with E-state index < -0.39 is 5.91 Å². The largest absolute Gasteiger partial charge is 0.318 e. The summed E-state index contributed by atoms with van der Waals surface area (Å²) in [4.78, 5) is 16.9. The fourth-order valence-corrected chi connectivity index (χ4v) is 4.85. The predicted octanol–water partition coefficient (Wildman–Crippen LogP) is 5.41. The monoisotopic (exact) mass is 439 g/mol. The van der Waals surface area contributed by atoms with Crippen LogP contribution in [0, 0.1) is 25.2 Å². The first-order valence-electron chi connectivity index (χ1n) is 9.68. The highest BCUT2D eigenvalue weighted by Crippen LogP contribution is 2.31. The summed E-state index contributed by atoms with van der Waals surface area (Å²) in [6.45, 7) is 8.20. The number of rotatable bonds is 4. The molecule has 1 aromatic heterocycles. The van der Waals surface area contributed by atoms with Crippen LogP contribution in [0.25, 0.3) is 11.8 Å². The zero-order valence-corrected chi connectivity index (χ0v) is 18.8. The topological polar surface area (TPSA) is 73.8 Å². The molecule has 8 heteroatoms. The van der Waals surface area contributed by atoms with Crippen molar-refractivity contribution in [3.63, 3.8) is 0 Å². The maximum Gasteiger partial charge on any atom is 0.283 e. The quantitative estimate of drug-likeness (QED) is 0.647. The third-order valence-electron chi connectivity index (χ3n) is 4.92. The molecule has 0 atom stereocenters. The number of hydrazone groups is 1. The molecular formula is C22H22ClN5OS. The van der Waals surface area contributed by atoms with Crippen molar-refractivity contribution in [2.45, 2.75) is 34.1 Å². The molecule has 0 spiro atoms. The molecule has 0 radical (unpaired) electrons. The van der Waals surface area contributed by atoms with Crippen LogP contribution in [0.1, 0.15) is 37.2 Å². The number of hydrogen-bond donors (Lipinski definition) is 1. The van der Waals surface area contributed by atoms with E-state index in [4.69, 9.17) is 17.0 Å². The van der Waals surface area contributed by atoms with Gasteiger partial charge in [0.1, 0.15) is 5.04 Å². The SMILES string of the molecule is Cc1cc(/C=C2\C(=N)N3N=C(CC(C)C)SC3=NC2=O)c(C)n1-c1cccc(Cl)c1. The van der Waals surface area contributed by atoms with Gasteiger partial charge >= 0.3 is 0 Å². The van der Waals surface area contributed by atoms with Gasteiger partial charge in [0.15, 0.2) is 5.84 Å². The summed E-state index contributed by atoms with van der Waals surface area (Å²) >= 11 is 7.53. The first kappa shape index (κ1) is 20.6. The van der Waals surface area contributed by atoms with Crippen molar-refractivity contribution in [1.82, 2.24) is 9.58 Å². The second-order valence-electron chi connectivity index (χ2n) is 7.75. The van der Waals surface area contributed by atoms with Crippen molar-refractivity contribution >= 4 is 51.4 Å². The highest BCUT2D eigenvalue weighted by Gasteiger charge is 2.35. The summed E-state index contributed by atoms with van der Waals surface area (Å²) in [5.41, 5.74) is 4.01. The van der Waals surface area contributed by atoms with Crippen LogP contribution < -0.4 is 0 Å². The van der Waals surface area contributed by atoms with Crippen LogP contribution in [0.5, 0.6) is 0 Å². The molecule has 0 bridgehead atoms. The number of aliphatic imine (C=N–C) groups is 1. The molecule has 0 aliphatic carbocycles. The normalized spacial score (nSPS) is 17.7. The maximum atomic E-state index is 12.7. The van der Waals surface area contributed by atoms with E-state index in [1.165, 1.54) is 16.8 Å². The summed E-state index contributed by atoms with van der Waals surface area (Å²) in [6.07, 6.45) is 2.52. The van der Waals surface area contributed by atoms with Crippen molar-refractivity contribution in [3.8, 4) is 5.69 Å². The van der Waals surface area contributed by atoms with E-state index in [-0.39, 0.29) is 11.4 Å². The van der Waals surface area contributed by atoms with Gasteiger partial charge in [0, 0.05) is 28.5 Å². The molecule has 1 N–H and O–H groups in total. The van der Waals surface area contributed by atoms with Crippen LogP contribution in [0.3, 0.4) is 0 Å². The van der Waals surface area contributed by atoms with Crippen LogP contribution in [-0.4, -0.2) is 31.5 Å². The number of fused-ring (bicyclic) bond motifs is 1. The Balaban J connectivity index is 1.71. The lowest BCUT2D eigenvalue weighted by molar-refractivity contribution is -0.114. The number of aromatic nitrogens is 1. The minimum atomic E-state index is -0.410. The molecule has 2 aromatic rings. The zero-order valence-electron chi connectivity index (χ0n) is 17.2. The molecule has 0 unspecified atom stereocenters. The van der Waals surface area contributed by atoms with Crippen LogP contribution >= 0.6 is 23.4 Å². The van der Waals surface area contributed by atoms with Crippen LogP contribution in [0.15, 0.2) is 46.0 Å². The third-order valence-corrected chi connectivity index (χ3v) is 6.08. The Morgan fingerprint density at radius 1 is 1.27 bits per heavy atom. The van der Waals surface area contributed by atoms with Gasteiger partial charge in [-0.2, -0.15) is 15.1 Å². The maximum absolute atomic E-state index is 12.7. The smallest absolute Gasteiger partial charge is 0.283 e. The number of nitrogens with one attached hydrogen (secondary N) is 1. The molecule has 0 fully saturated rings. The van der Waals surface area contributed by atoms with Crippen LogP contribution in [0.4, 0.5) is 0 Å². The number of thioether (sulfide) groups is 1. The Morgan fingerprint density at radius 3 is 2.73 bits per heavy atom. The number of carbonyl (C=O) groups is 1. The molecule has 154 valence electrons. The molecule has 1 amide bonds. The summed E-state index contributed by atoms with van der Waals surface area (Å²) in [7, 11) is 0. The second-order valence-corrected chi connectivity index (χ2v) is 9.23. The third kappa shape index (κ3) is 3.75. The second kappa shape index (κ2) is 7.89. The summed E-state index contributed by atoms with van der Waals surface area (Å²) in [5.74, 6) is 0.0890. The zero-order chi connectivity index (χ0) is 21.6. The summed E-state index contributed by atoms with van der Waals surface area (Å²) < 4.78 is 2.08.